The number of aliphatic imine (C=N–C) groups is 1. The third-order valence-corrected chi connectivity index (χ3v) is 3.72. The molecule has 22 heavy (non-hydrogen) atoms. The predicted octanol–water partition coefficient (Wildman–Crippen LogP) is 1.04. The molecular formula is C15H26N4O2S. The number of rotatable bonds is 8. The Balaban J connectivity index is 2.54. The highest BCUT2D eigenvalue weighted by Crippen LogP contribution is 2.21. The van der Waals surface area contributed by atoms with Crippen LogP contribution >= 0.6 is 11.3 Å². The van der Waals surface area contributed by atoms with Gasteiger partial charge in [-0.1, -0.05) is 6.92 Å². The summed E-state index contributed by atoms with van der Waals surface area (Å²) in [6.07, 6.45) is 0.900. The van der Waals surface area contributed by atoms with E-state index in [1.54, 1.807) is 18.3 Å². The highest BCUT2D eigenvalue weighted by molar-refractivity contribution is 7.08. The molecule has 0 aliphatic rings. The number of thiophene rings is 1. The van der Waals surface area contributed by atoms with Gasteiger partial charge in [-0.2, -0.15) is 11.3 Å². The SMILES string of the molecule is CCCNC(=O)CN=C(NCC)NCC(C)(O)c1ccsc1. The van der Waals surface area contributed by atoms with Gasteiger partial charge in [0, 0.05) is 13.1 Å². The maximum absolute atomic E-state index is 11.6. The van der Waals surface area contributed by atoms with Crippen LogP contribution in [0.2, 0.25) is 0 Å². The average Bonchev–Trinajstić information content (AvgIpc) is 3.03. The van der Waals surface area contributed by atoms with Gasteiger partial charge >= 0.3 is 0 Å². The Kier molecular flexibility index (Phi) is 7.90. The van der Waals surface area contributed by atoms with Crippen molar-refractivity contribution in [3.05, 3.63) is 22.4 Å². The van der Waals surface area contributed by atoms with Crippen molar-refractivity contribution in [2.75, 3.05) is 26.2 Å². The van der Waals surface area contributed by atoms with Crippen molar-refractivity contribution in [1.29, 1.82) is 0 Å². The largest absolute Gasteiger partial charge is 0.384 e. The minimum atomic E-state index is -0.985. The van der Waals surface area contributed by atoms with Crippen molar-refractivity contribution >= 4 is 23.2 Å². The molecule has 4 N–H and O–H groups in total. The summed E-state index contributed by atoms with van der Waals surface area (Å²) < 4.78 is 0. The number of amides is 1. The molecule has 0 saturated carbocycles. The average molecular weight is 326 g/mol. The first kappa shape index (κ1) is 18.4. The molecule has 0 aromatic carbocycles. The van der Waals surface area contributed by atoms with Crippen molar-refractivity contribution < 1.29 is 9.90 Å². The van der Waals surface area contributed by atoms with Crippen LogP contribution in [-0.4, -0.2) is 43.2 Å². The van der Waals surface area contributed by atoms with E-state index in [-0.39, 0.29) is 12.5 Å². The van der Waals surface area contributed by atoms with E-state index >= 15 is 0 Å². The van der Waals surface area contributed by atoms with Gasteiger partial charge < -0.3 is 21.1 Å². The maximum Gasteiger partial charge on any atom is 0.241 e. The molecule has 7 heteroatoms. The minimum absolute atomic E-state index is 0.0654. The molecule has 1 aromatic rings. The van der Waals surface area contributed by atoms with Crippen LogP contribution in [0.25, 0.3) is 0 Å². The van der Waals surface area contributed by atoms with Gasteiger partial charge in [-0.05, 0) is 42.7 Å². The van der Waals surface area contributed by atoms with Gasteiger partial charge in [-0.25, -0.2) is 4.99 Å². The van der Waals surface area contributed by atoms with E-state index in [4.69, 9.17) is 0 Å². The van der Waals surface area contributed by atoms with Crippen molar-refractivity contribution in [2.45, 2.75) is 32.8 Å². The van der Waals surface area contributed by atoms with Crippen LogP contribution < -0.4 is 16.0 Å². The van der Waals surface area contributed by atoms with E-state index in [1.807, 2.05) is 30.7 Å². The van der Waals surface area contributed by atoms with Gasteiger partial charge in [0.1, 0.15) is 12.1 Å². The number of nitrogens with zero attached hydrogens (tertiary/aromatic N) is 1. The molecule has 0 fully saturated rings. The zero-order chi connectivity index (χ0) is 16.4. The summed E-state index contributed by atoms with van der Waals surface area (Å²) in [5, 5.41) is 23.2. The van der Waals surface area contributed by atoms with E-state index in [1.165, 1.54) is 0 Å². The second kappa shape index (κ2) is 9.42. The zero-order valence-corrected chi connectivity index (χ0v) is 14.3. The van der Waals surface area contributed by atoms with E-state index in [2.05, 4.69) is 20.9 Å². The van der Waals surface area contributed by atoms with Gasteiger partial charge in [0.05, 0.1) is 6.54 Å². The van der Waals surface area contributed by atoms with Gasteiger partial charge in [0.25, 0.3) is 0 Å². The molecule has 0 aliphatic carbocycles. The summed E-state index contributed by atoms with van der Waals surface area (Å²) in [4.78, 5) is 15.8. The van der Waals surface area contributed by atoms with Crippen LogP contribution in [0.4, 0.5) is 0 Å². The smallest absolute Gasteiger partial charge is 0.241 e. The Morgan fingerprint density at radius 3 is 2.73 bits per heavy atom. The molecule has 1 heterocycles. The fraction of sp³-hybridized carbons (Fsp3) is 0.600. The van der Waals surface area contributed by atoms with Crippen molar-refractivity contribution in [2.24, 2.45) is 4.99 Å². The lowest BCUT2D eigenvalue weighted by Gasteiger charge is -2.24. The molecule has 124 valence electrons. The molecule has 0 bridgehead atoms. The van der Waals surface area contributed by atoms with E-state index < -0.39 is 5.60 Å². The first-order chi connectivity index (χ1) is 10.5. The Labute approximate surface area is 136 Å². The molecule has 1 aromatic heterocycles. The monoisotopic (exact) mass is 326 g/mol. The van der Waals surface area contributed by atoms with Gasteiger partial charge in [0.2, 0.25) is 5.91 Å². The van der Waals surface area contributed by atoms with Crippen molar-refractivity contribution in [1.82, 2.24) is 16.0 Å². The summed E-state index contributed by atoms with van der Waals surface area (Å²) in [5.74, 6) is 0.410. The summed E-state index contributed by atoms with van der Waals surface area (Å²) in [5.41, 5.74) is -0.123. The summed E-state index contributed by atoms with van der Waals surface area (Å²) in [6.45, 7) is 7.42. The Morgan fingerprint density at radius 1 is 1.36 bits per heavy atom. The lowest BCUT2D eigenvalue weighted by Crippen LogP contribution is -2.45. The lowest BCUT2D eigenvalue weighted by atomic mass is 9.99. The number of aliphatic hydroxyl groups is 1. The normalized spacial score (nSPS) is 14.3. The number of carbonyl (C=O) groups is 1. The molecule has 0 aliphatic heterocycles. The van der Waals surface area contributed by atoms with Crippen LogP contribution in [0.1, 0.15) is 32.8 Å². The summed E-state index contributed by atoms with van der Waals surface area (Å²) in [7, 11) is 0. The molecule has 1 amide bonds. The lowest BCUT2D eigenvalue weighted by molar-refractivity contribution is -0.119. The highest BCUT2D eigenvalue weighted by atomic mass is 32.1. The van der Waals surface area contributed by atoms with Crippen molar-refractivity contribution in [3.8, 4) is 0 Å². The number of carbonyl (C=O) groups excluding carboxylic acids is 1. The number of guanidine groups is 1. The predicted molar refractivity (Wildman–Crippen MR) is 91.2 cm³/mol. The van der Waals surface area contributed by atoms with Gasteiger partial charge in [-0.15, -0.1) is 0 Å². The molecule has 0 spiro atoms. The van der Waals surface area contributed by atoms with E-state index in [0.717, 1.165) is 12.0 Å². The standard InChI is InChI=1S/C15H26N4O2S/c1-4-7-17-13(20)9-18-14(16-5-2)19-11-15(3,21)12-6-8-22-10-12/h6,8,10,21H,4-5,7,9,11H2,1-3H3,(H,17,20)(H2,16,18,19). The van der Waals surface area contributed by atoms with Crippen LogP contribution in [0.5, 0.6) is 0 Å². The maximum atomic E-state index is 11.6. The Bertz CT molecular complexity index is 472. The fourth-order valence-corrected chi connectivity index (χ4v) is 2.52. The van der Waals surface area contributed by atoms with Crippen LogP contribution in [0.3, 0.4) is 0 Å². The number of hydrogen-bond donors (Lipinski definition) is 4. The molecule has 0 saturated heterocycles. The quantitative estimate of drug-likeness (QED) is 0.425. The number of nitrogens with one attached hydrogen (secondary N) is 3. The third-order valence-electron chi connectivity index (χ3n) is 3.04. The van der Waals surface area contributed by atoms with Gasteiger partial charge in [-0.3, -0.25) is 4.79 Å². The molecule has 6 nitrogen and oxygen atoms in total. The van der Waals surface area contributed by atoms with Crippen LogP contribution in [0, 0.1) is 0 Å². The molecule has 1 atom stereocenters. The Morgan fingerprint density at radius 2 is 2.14 bits per heavy atom. The second-order valence-electron chi connectivity index (χ2n) is 5.18. The third kappa shape index (κ3) is 6.44. The molecule has 1 unspecified atom stereocenters. The van der Waals surface area contributed by atoms with E-state index in [0.29, 0.717) is 25.6 Å². The fourth-order valence-electron chi connectivity index (χ4n) is 1.74. The van der Waals surface area contributed by atoms with Gasteiger partial charge in [0.15, 0.2) is 5.96 Å². The summed E-state index contributed by atoms with van der Waals surface area (Å²) in [6, 6.07) is 1.90. The molecular weight excluding hydrogens is 300 g/mol. The topological polar surface area (TPSA) is 85.8 Å². The van der Waals surface area contributed by atoms with E-state index in [9.17, 15) is 9.90 Å². The second-order valence-corrected chi connectivity index (χ2v) is 5.96. The number of hydrogen-bond acceptors (Lipinski definition) is 4. The summed E-state index contributed by atoms with van der Waals surface area (Å²) >= 11 is 1.55. The first-order valence-electron chi connectivity index (χ1n) is 7.53. The van der Waals surface area contributed by atoms with Crippen LogP contribution in [0.15, 0.2) is 21.8 Å². The Hall–Kier alpha value is -1.60. The molecule has 0 radical (unpaired) electrons. The van der Waals surface area contributed by atoms with Crippen LogP contribution in [-0.2, 0) is 10.4 Å². The first-order valence-corrected chi connectivity index (χ1v) is 8.47. The highest BCUT2D eigenvalue weighted by Gasteiger charge is 2.23. The molecule has 1 rings (SSSR count). The zero-order valence-electron chi connectivity index (χ0n) is 13.5. The minimum Gasteiger partial charge on any atom is -0.384 e. The van der Waals surface area contributed by atoms with Crippen molar-refractivity contribution in [3.63, 3.8) is 0 Å².